The van der Waals surface area contributed by atoms with Crippen LogP contribution in [-0.4, -0.2) is 6.18 Å². The molecule has 0 spiro atoms. The molecule has 4 heteroatoms. The molecule has 0 aromatic carbocycles. The molecule has 0 aromatic heterocycles. The lowest BCUT2D eigenvalue weighted by Crippen LogP contribution is -2.11. The Morgan fingerprint density at radius 2 is 1.64 bits per heavy atom. The van der Waals surface area contributed by atoms with Crippen LogP contribution in [0.2, 0.25) is 0 Å². The summed E-state index contributed by atoms with van der Waals surface area (Å²) in [5.74, 6) is -0.265. The van der Waals surface area contributed by atoms with Gasteiger partial charge in [0.2, 0.25) is 0 Å². The Bertz CT molecular complexity index is 167. The summed E-state index contributed by atoms with van der Waals surface area (Å²) in [7, 11) is 0. The van der Waals surface area contributed by atoms with Crippen molar-refractivity contribution in [3.8, 4) is 0 Å². The van der Waals surface area contributed by atoms with Crippen molar-refractivity contribution in [1.82, 2.24) is 0 Å². The minimum atomic E-state index is -4.29. The Labute approximate surface area is 69.0 Å². The molecule has 0 aliphatic rings. The van der Waals surface area contributed by atoms with E-state index >= 15 is 0 Å². The van der Waals surface area contributed by atoms with Crippen LogP contribution in [0.15, 0.2) is 10.6 Å². The molecule has 0 fully saturated rings. The normalized spacial score (nSPS) is 15.3. The highest BCUT2D eigenvalue weighted by molar-refractivity contribution is 6.30. The summed E-state index contributed by atoms with van der Waals surface area (Å²) in [6, 6.07) is 0. The Hall–Kier alpha value is -0.180. The second kappa shape index (κ2) is 3.48. The van der Waals surface area contributed by atoms with Gasteiger partial charge in [0.25, 0.3) is 0 Å². The number of hydrogen-bond acceptors (Lipinski definition) is 0. The number of rotatable bonds is 1. The molecule has 0 bridgehead atoms. The first-order valence-electron chi connectivity index (χ1n) is 3.20. The van der Waals surface area contributed by atoms with E-state index in [9.17, 15) is 13.2 Å². The number of alkyl halides is 3. The van der Waals surface area contributed by atoms with Gasteiger partial charge in [0.15, 0.2) is 0 Å². The van der Waals surface area contributed by atoms with Crippen LogP contribution < -0.4 is 0 Å². The van der Waals surface area contributed by atoms with Gasteiger partial charge in [0, 0.05) is 10.6 Å². The van der Waals surface area contributed by atoms with Crippen LogP contribution in [0.25, 0.3) is 0 Å². The minimum absolute atomic E-state index is 0.113. The zero-order valence-corrected chi connectivity index (χ0v) is 7.35. The maximum atomic E-state index is 11.9. The first kappa shape index (κ1) is 10.8. The Morgan fingerprint density at radius 3 is 1.73 bits per heavy atom. The molecule has 0 saturated heterocycles. The Kier molecular flexibility index (Phi) is 3.42. The first-order chi connectivity index (χ1) is 4.76. The third-order valence-corrected chi connectivity index (χ3v) is 2.01. The number of allylic oxidation sites excluding steroid dienone is 2. The predicted octanol–water partition coefficient (Wildman–Crippen LogP) is 3.72. The molecule has 66 valence electrons. The van der Waals surface area contributed by atoms with E-state index in [0.29, 0.717) is 0 Å². The molecule has 0 aliphatic carbocycles. The topological polar surface area (TPSA) is 0 Å². The van der Waals surface area contributed by atoms with Crippen molar-refractivity contribution in [1.29, 1.82) is 0 Å². The van der Waals surface area contributed by atoms with Crippen molar-refractivity contribution in [3.05, 3.63) is 10.6 Å². The fourth-order valence-electron chi connectivity index (χ4n) is 0.568. The summed E-state index contributed by atoms with van der Waals surface area (Å²) < 4.78 is 35.8. The van der Waals surface area contributed by atoms with Gasteiger partial charge in [-0.3, -0.25) is 0 Å². The van der Waals surface area contributed by atoms with Crippen LogP contribution in [0.3, 0.4) is 0 Å². The van der Waals surface area contributed by atoms with E-state index in [2.05, 4.69) is 0 Å². The quantitative estimate of drug-likeness (QED) is 0.586. The molecule has 0 unspecified atom stereocenters. The molecular weight excluding hydrogens is 177 g/mol. The van der Waals surface area contributed by atoms with E-state index in [1.165, 1.54) is 0 Å². The van der Waals surface area contributed by atoms with Crippen LogP contribution >= 0.6 is 11.6 Å². The highest BCUT2D eigenvalue weighted by atomic mass is 35.5. The van der Waals surface area contributed by atoms with Gasteiger partial charge in [-0.2, -0.15) is 13.2 Å². The zero-order chi connectivity index (χ0) is 9.23. The largest absolute Gasteiger partial charge is 0.413 e. The molecule has 0 aromatic rings. The molecule has 0 atom stereocenters. The van der Waals surface area contributed by atoms with E-state index in [-0.39, 0.29) is 11.0 Å². The third-order valence-electron chi connectivity index (χ3n) is 1.29. The van der Waals surface area contributed by atoms with E-state index < -0.39 is 11.7 Å². The van der Waals surface area contributed by atoms with Crippen LogP contribution in [0.1, 0.15) is 20.8 Å². The minimum Gasteiger partial charge on any atom is -0.166 e. The van der Waals surface area contributed by atoms with Gasteiger partial charge in [-0.05, 0) is 12.8 Å². The lowest BCUT2D eigenvalue weighted by molar-refractivity contribution is -0.0920. The summed E-state index contributed by atoms with van der Waals surface area (Å²) in [4.78, 5) is 0. The van der Waals surface area contributed by atoms with Gasteiger partial charge >= 0.3 is 6.18 Å². The summed E-state index contributed by atoms with van der Waals surface area (Å²) in [6.45, 7) is 4.23. The maximum absolute atomic E-state index is 11.9. The Balaban J connectivity index is 4.67. The van der Waals surface area contributed by atoms with E-state index in [1.54, 1.807) is 13.8 Å². The van der Waals surface area contributed by atoms with Gasteiger partial charge in [-0.25, -0.2) is 0 Å². The molecule has 0 radical (unpaired) electrons. The highest BCUT2D eigenvalue weighted by Gasteiger charge is 2.32. The number of halogens is 4. The van der Waals surface area contributed by atoms with Gasteiger partial charge in [-0.1, -0.05) is 25.4 Å². The van der Waals surface area contributed by atoms with Crippen LogP contribution in [0.5, 0.6) is 0 Å². The van der Waals surface area contributed by atoms with Crippen molar-refractivity contribution in [2.45, 2.75) is 26.9 Å². The SMILES string of the molecule is C/C(=C(/Cl)C(C)C)C(F)(F)F. The highest BCUT2D eigenvalue weighted by Crippen LogP contribution is 2.32. The first-order valence-corrected chi connectivity index (χ1v) is 3.58. The lowest BCUT2D eigenvalue weighted by atomic mass is 10.1. The summed E-state index contributed by atoms with van der Waals surface area (Å²) >= 11 is 5.41. The molecule has 0 amide bonds. The van der Waals surface area contributed by atoms with Crippen molar-refractivity contribution in [2.24, 2.45) is 5.92 Å². The monoisotopic (exact) mass is 186 g/mol. The second-order valence-corrected chi connectivity index (χ2v) is 3.03. The fourth-order valence-corrected chi connectivity index (χ4v) is 0.676. The molecular formula is C7H10ClF3. The lowest BCUT2D eigenvalue weighted by Gasteiger charge is -2.11. The van der Waals surface area contributed by atoms with Gasteiger partial charge in [0.1, 0.15) is 0 Å². The van der Waals surface area contributed by atoms with Crippen molar-refractivity contribution >= 4 is 11.6 Å². The average molecular weight is 187 g/mol. The molecule has 0 heterocycles. The fraction of sp³-hybridized carbons (Fsp3) is 0.714. The summed E-state index contributed by atoms with van der Waals surface area (Å²) in [5.41, 5.74) is -0.700. The van der Waals surface area contributed by atoms with Gasteiger partial charge in [0.05, 0.1) is 0 Å². The number of hydrogen-bond donors (Lipinski definition) is 0. The predicted molar refractivity (Wildman–Crippen MR) is 39.4 cm³/mol. The van der Waals surface area contributed by atoms with Crippen molar-refractivity contribution < 1.29 is 13.2 Å². The van der Waals surface area contributed by atoms with E-state index in [4.69, 9.17) is 11.6 Å². The van der Waals surface area contributed by atoms with Gasteiger partial charge in [-0.15, -0.1) is 0 Å². The molecule has 0 aliphatic heterocycles. The van der Waals surface area contributed by atoms with Crippen LogP contribution in [0.4, 0.5) is 13.2 Å². The summed E-state index contributed by atoms with van der Waals surface area (Å²) in [5, 5.41) is -0.113. The van der Waals surface area contributed by atoms with Crippen LogP contribution in [-0.2, 0) is 0 Å². The maximum Gasteiger partial charge on any atom is 0.413 e. The molecule has 0 saturated carbocycles. The smallest absolute Gasteiger partial charge is 0.166 e. The average Bonchev–Trinajstić information content (AvgIpc) is 1.82. The van der Waals surface area contributed by atoms with Crippen LogP contribution in [0, 0.1) is 5.92 Å². The molecule has 0 rings (SSSR count). The third kappa shape index (κ3) is 3.14. The van der Waals surface area contributed by atoms with E-state index in [1.807, 2.05) is 0 Å². The molecule has 0 N–H and O–H groups in total. The zero-order valence-electron chi connectivity index (χ0n) is 6.59. The van der Waals surface area contributed by atoms with Crippen molar-refractivity contribution in [2.75, 3.05) is 0 Å². The summed E-state index contributed by atoms with van der Waals surface area (Å²) in [6.07, 6.45) is -4.29. The molecule has 0 nitrogen and oxygen atoms in total. The standard InChI is InChI=1S/C7H10ClF3/c1-4(2)6(8)5(3)7(9,10)11/h4H,1-3H3/b6-5-. The molecule has 11 heavy (non-hydrogen) atoms. The van der Waals surface area contributed by atoms with Crippen molar-refractivity contribution in [3.63, 3.8) is 0 Å². The Morgan fingerprint density at radius 1 is 1.27 bits per heavy atom. The van der Waals surface area contributed by atoms with Gasteiger partial charge < -0.3 is 0 Å². The van der Waals surface area contributed by atoms with E-state index in [0.717, 1.165) is 6.92 Å². The second-order valence-electron chi connectivity index (χ2n) is 2.63.